The summed E-state index contributed by atoms with van der Waals surface area (Å²) in [5.74, 6) is 1.40. The van der Waals surface area contributed by atoms with E-state index >= 15 is 0 Å². The summed E-state index contributed by atoms with van der Waals surface area (Å²) < 4.78 is 19.6. The van der Waals surface area contributed by atoms with Crippen LogP contribution >= 0.6 is 11.6 Å². The molecule has 1 aromatic carbocycles. The third-order valence-electron chi connectivity index (χ3n) is 3.18. The largest absolute Gasteiger partial charge is 0.464 e. The minimum absolute atomic E-state index is 0.0618. The van der Waals surface area contributed by atoms with Gasteiger partial charge in [0.1, 0.15) is 17.3 Å². The van der Waals surface area contributed by atoms with Crippen molar-refractivity contribution in [3.8, 4) is 0 Å². The Morgan fingerprint density at radius 1 is 1.32 bits per heavy atom. The molecule has 0 saturated heterocycles. The third-order valence-corrected chi connectivity index (χ3v) is 3.47. The van der Waals surface area contributed by atoms with Crippen LogP contribution in [-0.4, -0.2) is 7.05 Å². The maximum atomic E-state index is 13.9. The van der Waals surface area contributed by atoms with Gasteiger partial charge in [-0.05, 0) is 37.2 Å². The fraction of sp³-hybridized carbons (Fsp3) is 0.333. The van der Waals surface area contributed by atoms with Crippen LogP contribution in [0.2, 0.25) is 5.02 Å². The van der Waals surface area contributed by atoms with Crippen LogP contribution in [0.25, 0.3) is 0 Å². The van der Waals surface area contributed by atoms with Gasteiger partial charge < -0.3 is 9.73 Å². The fourth-order valence-corrected chi connectivity index (χ4v) is 2.24. The molecule has 4 heteroatoms. The summed E-state index contributed by atoms with van der Waals surface area (Å²) in [6.45, 7) is 2.04. The quantitative estimate of drug-likeness (QED) is 0.891. The Balaban J connectivity index is 2.21. The van der Waals surface area contributed by atoms with Gasteiger partial charge in [0.2, 0.25) is 0 Å². The summed E-state index contributed by atoms with van der Waals surface area (Å²) in [6, 6.07) is 8.88. The molecule has 1 unspecified atom stereocenters. The first-order valence-electron chi connectivity index (χ1n) is 6.34. The third kappa shape index (κ3) is 3.17. The Bertz CT molecular complexity index is 553. The highest BCUT2D eigenvalue weighted by Gasteiger charge is 2.17. The Morgan fingerprint density at radius 3 is 2.74 bits per heavy atom. The average Bonchev–Trinajstić information content (AvgIpc) is 2.89. The number of hydrogen-bond donors (Lipinski definition) is 1. The lowest BCUT2D eigenvalue weighted by Gasteiger charge is -2.14. The van der Waals surface area contributed by atoms with Crippen molar-refractivity contribution >= 4 is 11.6 Å². The topological polar surface area (TPSA) is 25.2 Å². The number of nitrogens with one attached hydrogen (secondary N) is 1. The Hall–Kier alpha value is -1.32. The van der Waals surface area contributed by atoms with Gasteiger partial charge in [-0.15, -0.1) is 0 Å². The number of benzene rings is 1. The lowest BCUT2D eigenvalue weighted by atomic mass is 10.0. The maximum absolute atomic E-state index is 13.9. The molecule has 19 heavy (non-hydrogen) atoms. The highest BCUT2D eigenvalue weighted by atomic mass is 35.5. The van der Waals surface area contributed by atoms with Gasteiger partial charge in [-0.2, -0.15) is 0 Å². The van der Waals surface area contributed by atoms with Gasteiger partial charge in [0, 0.05) is 6.42 Å². The zero-order chi connectivity index (χ0) is 13.8. The summed E-state index contributed by atoms with van der Waals surface area (Å²) in [6.07, 6.45) is 1.35. The van der Waals surface area contributed by atoms with E-state index in [4.69, 9.17) is 16.0 Å². The molecular formula is C15H17ClFNO. The molecule has 0 amide bonds. The molecule has 1 atom stereocenters. The average molecular weight is 282 g/mol. The number of halogens is 2. The molecule has 1 aromatic heterocycles. The number of rotatable bonds is 5. The molecule has 2 nitrogen and oxygen atoms in total. The predicted octanol–water partition coefficient (Wildman–Crippen LogP) is 4.14. The molecule has 0 aliphatic rings. The second-order valence-electron chi connectivity index (χ2n) is 4.42. The summed E-state index contributed by atoms with van der Waals surface area (Å²) in [4.78, 5) is 0. The van der Waals surface area contributed by atoms with Crippen LogP contribution in [0.4, 0.5) is 4.39 Å². The van der Waals surface area contributed by atoms with Crippen molar-refractivity contribution in [1.82, 2.24) is 5.32 Å². The zero-order valence-corrected chi connectivity index (χ0v) is 11.8. The summed E-state index contributed by atoms with van der Waals surface area (Å²) in [5, 5.41) is 3.30. The molecule has 2 aromatic rings. The molecule has 0 saturated carbocycles. The highest BCUT2D eigenvalue weighted by molar-refractivity contribution is 6.30. The number of furan rings is 1. The number of aryl methyl sites for hydroxylation is 1. The van der Waals surface area contributed by atoms with Crippen molar-refractivity contribution in [2.45, 2.75) is 25.8 Å². The van der Waals surface area contributed by atoms with Crippen molar-refractivity contribution in [3.63, 3.8) is 0 Å². The van der Waals surface area contributed by atoms with Gasteiger partial charge in [0.25, 0.3) is 0 Å². The Kier molecular flexibility index (Phi) is 4.61. The van der Waals surface area contributed by atoms with Crippen LogP contribution in [0.3, 0.4) is 0 Å². The molecule has 0 aliphatic carbocycles. The lowest BCUT2D eigenvalue weighted by molar-refractivity contribution is 0.404. The highest BCUT2D eigenvalue weighted by Crippen LogP contribution is 2.25. The smallest absolute Gasteiger partial charge is 0.145 e. The van der Waals surface area contributed by atoms with Crippen LogP contribution in [0, 0.1) is 5.82 Å². The molecule has 0 bridgehead atoms. The van der Waals surface area contributed by atoms with Gasteiger partial charge >= 0.3 is 0 Å². The van der Waals surface area contributed by atoms with Crippen LogP contribution in [0.15, 0.2) is 34.7 Å². The summed E-state index contributed by atoms with van der Waals surface area (Å²) >= 11 is 5.79. The summed E-state index contributed by atoms with van der Waals surface area (Å²) in [7, 11) is 1.83. The van der Waals surface area contributed by atoms with E-state index in [0.717, 1.165) is 17.9 Å². The summed E-state index contributed by atoms with van der Waals surface area (Å²) in [5.41, 5.74) is 0.585. The molecule has 0 fully saturated rings. The molecule has 2 rings (SSSR count). The van der Waals surface area contributed by atoms with Crippen molar-refractivity contribution in [1.29, 1.82) is 0 Å². The number of hydrogen-bond acceptors (Lipinski definition) is 2. The van der Waals surface area contributed by atoms with Crippen molar-refractivity contribution < 1.29 is 8.81 Å². The van der Waals surface area contributed by atoms with Gasteiger partial charge in [0.05, 0.1) is 11.1 Å². The first-order chi connectivity index (χ1) is 9.15. The minimum atomic E-state index is -0.355. The monoisotopic (exact) mass is 281 g/mol. The standard InChI is InChI=1S/C15H17ClFNO/c1-3-11-7-8-14(19-11)13(18-2)9-10-5-4-6-12(16)15(10)17/h4-8,13,18H,3,9H2,1-2H3. The van der Waals surface area contributed by atoms with Crippen LogP contribution in [0.1, 0.15) is 30.0 Å². The number of likely N-dealkylation sites (N-methyl/N-ethyl adjacent to an activating group) is 1. The van der Waals surface area contributed by atoms with E-state index in [1.807, 2.05) is 26.1 Å². The van der Waals surface area contributed by atoms with E-state index in [1.54, 1.807) is 18.2 Å². The van der Waals surface area contributed by atoms with Gasteiger partial charge in [0.15, 0.2) is 0 Å². The van der Waals surface area contributed by atoms with E-state index in [9.17, 15) is 4.39 Å². The molecule has 0 aliphatic heterocycles. The van der Waals surface area contributed by atoms with Gasteiger partial charge in [-0.25, -0.2) is 4.39 Å². The van der Waals surface area contributed by atoms with E-state index in [1.165, 1.54) is 0 Å². The lowest BCUT2D eigenvalue weighted by Crippen LogP contribution is -2.18. The SMILES string of the molecule is CCc1ccc(C(Cc2cccc(Cl)c2F)NC)o1. The van der Waals surface area contributed by atoms with Gasteiger partial charge in [-0.1, -0.05) is 30.7 Å². The molecule has 0 spiro atoms. The molecular weight excluding hydrogens is 265 g/mol. The second-order valence-corrected chi connectivity index (χ2v) is 4.82. The van der Waals surface area contributed by atoms with E-state index in [2.05, 4.69) is 5.32 Å². The Labute approximate surface area is 117 Å². The van der Waals surface area contributed by atoms with Gasteiger partial charge in [-0.3, -0.25) is 0 Å². The molecule has 102 valence electrons. The maximum Gasteiger partial charge on any atom is 0.145 e. The minimum Gasteiger partial charge on any atom is -0.464 e. The first-order valence-corrected chi connectivity index (χ1v) is 6.72. The van der Waals surface area contributed by atoms with E-state index in [0.29, 0.717) is 12.0 Å². The zero-order valence-electron chi connectivity index (χ0n) is 11.0. The van der Waals surface area contributed by atoms with Crippen molar-refractivity contribution in [3.05, 3.63) is 58.3 Å². The van der Waals surface area contributed by atoms with Crippen molar-refractivity contribution in [2.75, 3.05) is 7.05 Å². The predicted molar refractivity (Wildman–Crippen MR) is 75.0 cm³/mol. The van der Waals surface area contributed by atoms with E-state index in [-0.39, 0.29) is 16.9 Å². The van der Waals surface area contributed by atoms with Crippen LogP contribution < -0.4 is 5.32 Å². The van der Waals surface area contributed by atoms with Crippen LogP contribution in [0.5, 0.6) is 0 Å². The van der Waals surface area contributed by atoms with E-state index < -0.39 is 0 Å². The fourth-order valence-electron chi connectivity index (χ4n) is 2.04. The normalized spacial score (nSPS) is 12.6. The molecule has 0 radical (unpaired) electrons. The molecule has 1 heterocycles. The van der Waals surface area contributed by atoms with Crippen LogP contribution in [-0.2, 0) is 12.8 Å². The Morgan fingerprint density at radius 2 is 2.11 bits per heavy atom. The van der Waals surface area contributed by atoms with Crippen molar-refractivity contribution in [2.24, 2.45) is 0 Å². The second kappa shape index (κ2) is 6.22. The first kappa shape index (κ1) is 14.1. The molecule has 1 N–H and O–H groups in total.